The molecule has 0 aromatic rings. The molecule has 0 saturated carbocycles. The van der Waals surface area contributed by atoms with Crippen molar-refractivity contribution in [2.75, 3.05) is 26.4 Å². The van der Waals surface area contributed by atoms with Crippen LogP contribution in [0.5, 0.6) is 0 Å². The Morgan fingerprint density at radius 2 is 1.14 bits per heavy atom. The Bertz CT molecular complexity index is 483. The van der Waals surface area contributed by atoms with Crippen LogP contribution < -0.4 is 5.73 Å². The van der Waals surface area contributed by atoms with Gasteiger partial charge in [0.05, 0.1) is 26.4 Å². The summed E-state index contributed by atoms with van der Waals surface area (Å²) in [6, 6.07) is -0.618. The normalized spacial score (nSPS) is 44.6. The molecule has 2 fully saturated rings. The minimum Gasteiger partial charge on any atom is -0.394 e. The van der Waals surface area contributed by atoms with E-state index in [1.165, 1.54) is 0 Å². The summed E-state index contributed by atoms with van der Waals surface area (Å²) in [5.41, 5.74) is 5.88. The van der Waals surface area contributed by atoms with E-state index >= 15 is 0 Å². The fraction of sp³-hybridized carbons (Fsp3) is 1.00. The number of nitrogens with two attached hydrogens (primary N) is 1. The van der Waals surface area contributed by atoms with Crippen LogP contribution in [0, 0.1) is 0 Å². The molecule has 2 heterocycles. The first-order valence-electron chi connectivity index (χ1n) is 9.31. The molecule has 2 aliphatic rings. The minimum atomic E-state index is -1.56. The second kappa shape index (κ2) is 11.2. The van der Waals surface area contributed by atoms with Crippen LogP contribution in [-0.2, 0) is 18.9 Å². The summed E-state index contributed by atoms with van der Waals surface area (Å²) < 4.78 is 21.0. The van der Waals surface area contributed by atoms with E-state index in [4.69, 9.17) is 34.9 Å². The largest absolute Gasteiger partial charge is 0.394 e. The first kappa shape index (κ1) is 24.7. The van der Waals surface area contributed by atoms with Gasteiger partial charge in [0.25, 0.3) is 0 Å². The zero-order valence-corrected chi connectivity index (χ0v) is 15.7. The average molecular weight is 429 g/mol. The van der Waals surface area contributed by atoms with Crippen LogP contribution in [0.3, 0.4) is 0 Å². The van der Waals surface area contributed by atoms with Crippen LogP contribution in [0.25, 0.3) is 0 Å². The molecular weight excluding hydrogens is 398 g/mol. The van der Waals surface area contributed by atoms with Gasteiger partial charge < -0.3 is 65.5 Å². The summed E-state index contributed by atoms with van der Waals surface area (Å²) in [6.07, 6.45) is -13.7. The highest BCUT2D eigenvalue weighted by Crippen LogP contribution is 2.23. The second-order valence-corrected chi connectivity index (χ2v) is 7.15. The summed E-state index contributed by atoms with van der Waals surface area (Å²) in [5, 5.41) is 76.9. The molecule has 2 rings (SSSR count). The van der Waals surface area contributed by atoms with Gasteiger partial charge in [-0.2, -0.15) is 0 Å². The average Bonchev–Trinajstić information content (AvgIpc) is 2.71. The fourth-order valence-electron chi connectivity index (χ4n) is 3.05. The van der Waals surface area contributed by atoms with Crippen molar-refractivity contribution in [2.24, 2.45) is 5.73 Å². The van der Waals surface area contributed by atoms with Gasteiger partial charge in [-0.25, -0.2) is 0 Å². The second-order valence-electron chi connectivity index (χ2n) is 7.15. The molecular formula is C16H31NO12. The molecule has 0 aliphatic carbocycles. The Morgan fingerprint density at radius 3 is 1.59 bits per heavy atom. The number of rotatable bonds is 9. The van der Waals surface area contributed by atoms with E-state index in [0.29, 0.717) is 0 Å². The summed E-state index contributed by atoms with van der Waals surface area (Å²) >= 11 is 0. The first-order chi connectivity index (χ1) is 13.7. The van der Waals surface area contributed by atoms with Gasteiger partial charge in [0, 0.05) is 6.04 Å². The molecule has 0 unspecified atom stereocenters. The Balaban J connectivity index is 1.74. The van der Waals surface area contributed by atoms with Crippen molar-refractivity contribution in [3.63, 3.8) is 0 Å². The number of aliphatic hydroxyl groups excluding tert-OH is 8. The molecule has 172 valence electrons. The third kappa shape index (κ3) is 6.01. The number of ether oxygens (including phenoxy) is 4. The van der Waals surface area contributed by atoms with Crippen molar-refractivity contribution in [3.8, 4) is 0 Å². The van der Waals surface area contributed by atoms with Gasteiger partial charge in [0.2, 0.25) is 0 Å². The molecule has 0 spiro atoms. The van der Waals surface area contributed by atoms with Gasteiger partial charge in [-0.15, -0.1) is 0 Å². The molecule has 2 saturated heterocycles. The SMILES string of the molecule is N[C@H](CCO[C@H]1O[C@H](CO)[C@@H](O)[C@H](O)[C@@H]1O)CO[C@H]1O[C@H](CO)[C@@H](O)[C@H](O)[C@@H]1O. The Hall–Kier alpha value is -0.520. The molecule has 29 heavy (non-hydrogen) atoms. The first-order valence-corrected chi connectivity index (χ1v) is 9.31. The standard InChI is InChI=1S/C16H31NO12/c17-6(5-27-16-14(25)12(23)10(21)8(4-19)29-16)1-2-26-15-13(24)11(22)9(20)7(3-18)28-15/h6-16,18-25H,1-5,17H2/t6-,7-,8-,9-,10-,11+,12+,13+,14+,15+,16+/m1/s1. The van der Waals surface area contributed by atoms with E-state index in [2.05, 4.69) is 0 Å². The monoisotopic (exact) mass is 429 g/mol. The van der Waals surface area contributed by atoms with Gasteiger partial charge in [0.1, 0.15) is 48.8 Å². The van der Waals surface area contributed by atoms with Crippen molar-refractivity contribution in [3.05, 3.63) is 0 Å². The molecule has 11 atom stereocenters. The molecule has 13 nitrogen and oxygen atoms in total. The van der Waals surface area contributed by atoms with Gasteiger partial charge in [-0.05, 0) is 6.42 Å². The van der Waals surface area contributed by atoms with Crippen LogP contribution in [0.1, 0.15) is 6.42 Å². The quantitative estimate of drug-likeness (QED) is 0.167. The van der Waals surface area contributed by atoms with Crippen LogP contribution in [0.2, 0.25) is 0 Å². The lowest BCUT2D eigenvalue weighted by Crippen LogP contribution is -2.59. The van der Waals surface area contributed by atoms with Crippen LogP contribution in [-0.4, -0.2) is 135 Å². The van der Waals surface area contributed by atoms with E-state index in [-0.39, 0.29) is 19.6 Å². The number of hydrogen-bond donors (Lipinski definition) is 9. The van der Waals surface area contributed by atoms with E-state index in [0.717, 1.165) is 0 Å². The van der Waals surface area contributed by atoms with E-state index in [1.54, 1.807) is 0 Å². The minimum absolute atomic E-state index is 0.0259. The lowest BCUT2D eigenvalue weighted by atomic mass is 9.99. The lowest BCUT2D eigenvalue weighted by molar-refractivity contribution is -0.304. The summed E-state index contributed by atoms with van der Waals surface area (Å²) in [6.45, 7) is -1.30. The highest BCUT2D eigenvalue weighted by molar-refractivity contribution is 4.90. The summed E-state index contributed by atoms with van der Waals surface area (Å²) in [7, 11) is 0. The predicted molar refractivity (Wildman–Crippen MR) is 92.0 cm³/mol. The molecule has 10 N–H and O–H groups in total. The predicted octanol–water partition coefficient (Wildman–Crippen LogP) is -5.66. The highest BCUT2D eigenvalue weighted by Gasteiger charge is 2.45. The number of aliphatic hydroxyl groups is 8. The van der Waals surface area contributed by atoms with E-state index < -0.39 is 80.7 Å². The van der Waals surface area contributed by atoms with Crippen molar-refractivity contribution in [1.82, 2.24) is 0 Å². The fourth-order valence-corrected chi connectivity index (χ4v) is 3.05. The van der Waals surface area contributed by atoms with Crippen molar-refractivity contribution < 1.29 is 59.8 Å². The van der Waals surface area contributed by atoms with Gasteiger partial charge in [-0.3, -0.25) is 0 Å². The van der Waals surface area contributed by atoms with Gasteiger partial charge in [-0.1, -0.05) is 0 Å². The molecule has 0 aromatic carbocycles. The molecule has 0 aromatic heterocycles. The molecule has 0 radical (unpaired) electrons. The van der Waals surface area contributed by atoms with E-state index in [1.807, 2.05) is 0 Å². The topological polar surface area (TPSA) is 225 Å². The Labute approximate surface area is 166 Å². The van der Waals surface area contributed by atoms with Crippen LogP contribution >= 0.6 is 0 Å². The zero-order chi connectivity index (χ0) is 21.7. The Kier molecular flexibility index (Phi) is 9.56. The molecule has 0 bridgehead atoms. The third-order valence-corrected chi connectivity index (χ3v) is 4.94. The molecule has 13 heteroatoms. The van der Waals surface area contributed by atoms with Crippen molar-refractivity contribution in [2.45, 2.75) is 73.9 Å². The van der Waals surface area contributed by atoms with Gasteiger partial charge in [0.15, 0.2) is 12.6 Å². The number of hydrogen-bond acceptors (Lipinski definition) is 13. The van der Waals surface area contributed by atoms with Crippen molar-refractivity contribution in [1.29, 1.82) is 0 Å². The van der Waals surface area contributed by atoms with Crippen LogP contribution in [0.15, 0.2) is 0 Å². The Morgan fingerprint density at radius 1 is 0.690 bits per heavy atom. The van der Waals surface area contributed by atoms with E-state index in [9.17, 15) is 30.6 Å². The smallest absolute Gasteiger partial charge is 0.186 e. The molecule has 2 aliphatic heterocycles. The molecule has 0 amide bonds. The lowest BCUT2D eigenvalue weighted by Gasteiger charge is -2.40. The summed E-state index contributed by atoms with van der Waals surface area (Å²) in [4.78, 5) is 0. The van der Waals surface area contributed by atoms with Crippen LogP contribution in [0.4, 0.5) is 0 Å². The maximum absolute atomic E-state index is 9.89. The maximum atomic E-state index is 9.89. The zero-order valence-electron chi connectivity index (χ0n) is 15.7. The maximum Gasteiger partial charge on any atom is 0.186 e. The summed E-state index contributed by atoms with van der Waals surface area (Å²) in [5.74, 6) is 0. The highest BCUT2D eigenvalue weighted by atomic mass is 16.7. The van der Waals surface area contributed by atoms with Crippen molar-refractivity contribution >= 4 is 0 Å². The van der Waals surface area contributed by atoms with Gasteiger partial charge >= 0.3 is 0 Å². The third-order valence-electron chi connectivity index (χ3n) is 4.94.